The van der Waals surface area contributed by atoms with Crippen LogP contribution in [0.5, 0.6) is 0 Å². The van der Waals surface area contributed by atoms with Crippen molar-refractivity contribution in [2.45, 2.75) is 52.6 Å². The predicted molar refractivity (Wildman–Crippen MR) is 124 cm³/mol. The number of anilines is 1. The number of aliphatic imine (C=N–C) groups is 1. The largest absolute Gasteiger partial charge is 0.357 e. The summed E-state index contributed by atoms with van der Waals surface area (Å²) in [6.45, 7) is 9.99. The van der Waals surface area contributed by atoms with Gasteiger partial charge in [-0.15, -0.1) is 11.3 Å². The monoisotopic (exact) mass is 428 g/mol. The Morgan fingerprint density at radius 2 is 2.07 bits per heavy atom. The fourth-order valence-corrected chi connectivity index (χ4v) is 4.11. The molecule has 2 heterocycles. The SMILES string of the molecule is CCNC(=NCc1cccc(NC(=O)N2CCCC2)c1)NCc1nc(C(C)C)cs1. The highest BCUT2D eigenvalue weighted by Crippen LogP contribution is 2.18. The fourth-order valence-electron chi connectivity index (χ4n) is 3.21. The van der Waals surface area contributed by atoms with E-state index in [0.29, 0.717) is 19.0 Å². The normalized spacial score (nSPS) is 14.3. The molecule has 0 aliphatic carbocycles. The molecule has 0 atom stereocenters. The standard InChI is InChI=1S/C22H32N6OS/c1-4-23-21(25-14-20-27-19(15-30-20)16(2)3)24-13-17-8-7-9-18(12-17)26-22(29)28-10-5-6-11-28/h7-9,12,15-16H,4-6,10-11,13-14H2,1-3H3,(H,26,29)(H2,23,24,25). The number of amides is 2. The third-order valence-electron chi connectivity index (χ3n) is 4.90. The Kier molecular flexibility index (Phi) is 8.07. The van der Waals surface area contributed by atoms with Gasteiger partial charge >= 0.3 is 6.03 Å². The van der Waals surface area contributed by atoms with Gasteiger partial charge in [-0.05, 0) is 43.4 Å². The summed E-state index contributed by atoms with van der Waals surface area (Å²) in [7, 11) is 0. The molecule has 0 spiro atoms. The van der Waals surface area contributed by atoms with Crippen LogP contribution in [0, 0.1) is 0 Å². The minimum absolute atomic E-state index is 0.0210. The molecule has 0 radical (unpaired) electrons. The molecule has 1 aromatic heterocycles. The number of urea groups is 1. The molecule has 162 valence electrons. The van der Waals surface area contributed by atoms with Crippen molar-refractivity contribution in [1.82, 2.24) is 20.5 Å². The van der Waals surface area contributed by atoms with Crippen LogP contribution < -0.4 is 16.0 Å². The number of aromatic nitrogens is 1. The molecular formula is C22H32N6OS. The molecule has 7 nitrogen and oxygen atoms in total. The molecule has 1 fully saturated rings. The Morgan fingerprint density at radius 3 is 2.77 bits per heavy atom. The highest BCUT2D eigenvalue weighted by atomic mass is 32.1. The maximum absolute atomic E-state index is 12.3. The number of thiazole rings is 1. The lowest BCUT2D eigenvalue weighted by atomic mass is 10.2. The van der Waals surface area contributed by atoms with Crippen LogP contribution in [0.3, 0.4) is 0 Å². The Labute approximate surface area is 183 Å². The number of carbonyl (C=O) groups excluding carboxylic acids is 1. The van der Waals surface area contributed by atoms with Gasteiger partial charge in [-0.1, -0.05) is 26.0 Å². The van der Waals surface area contributed by atoms with Crippen molar-refractivity contribution in [3.8, 4) is 0 Å². The lowest BCUT2D eigenvalue weighted by molar-refractivity contribution is 0.222. The van der Waals surface area contributed by atoms with Crippen LogP contribution in [0.25, 0.3) is 0 Å². The molecule has 8 heteroatoms. The summed E-state index contributed by atoms with van der Waals surface area (Å²) in [5.74, 6) is 1.19. The van der Waals surface area contributed by atoms with Crippen LogP contribution in [-0.2, 0) is 13.1 Å². The number of nitrogens with zero attached hydrogens (tertiary/aromatic N) is 3. The number of benzene rings is 1. The number of hydrogen-bond acceptors (Lipinski definition) is 4. The zero-order chi connectivity index (χ0) is 21.3. The van der Waals surface area contributed by atoms with Crippen molar-refractivity contribution < 1.29 is 4.79 Å². The second-order valence-electron chi connectivity index (χ2n) is 7.69. The minimum Gasteiger partial charge on any atom is -0.357 e. The lowest BCUT2D eigenvalue weighted by Gasteiger charge is -2.16. The lowest BCUT2D eigenvalue weighted by Crippen LogP contribution is -2.36. The van der Waals surface area contributed by atoms with Gasteiger partial charge in [-0.25, -0.2) is 14.8 Å². The van der Waals surface area contributed by atoms with Crippen molar-refractivity contribution in [2.24, 2.45) is 4.99 Å². The van der Waals surface area contributed by atoms with E-state index >= 15 is 0 Å². The van der Waals surface area contributed by atoms with E-state index in [1.807, 2.05) is 36.1 Å². The van der Waals surface area contributed by atoms with E-state index in [2.05, 4.69) is 45.2 Å². The van der Waals surface area contributed by atoms with Gasteiger partial charge in [-0.2, -0.15) is 0 Å². The van der Waals surface area contributed by atoms with E-state index in [9.17, 15) is 4.79 Å². The zero-order valence-electron chi connectivity index (χ0n) is 18.1. The summed E-state index contributed by atoms with van der Waals surface area (Å²) in [5, 5.41) is 12.8. The fraction of sp³-hybridized carbons (Fsp3) is 0.500. The Hall–Kier alpha value is -2.61. The third kappa shape index (κ3) is 6.45. The smallest absolute Gasteiger partial charge is 0.321 e. The molecule has 3 rings (SSSR count). The van der Waals surface area contributed by atoms with Crippen LogP contribution in [0.15, 0.2) is 34.6 Å². The average Bonchev–Trinajstić information content (AvgIpc) is 3.42. The number of carbonyl (C=O) groups is 1. The molecule has 30 heavy (non-hydrogen) atoms. The van der Waals surface area contributed by atoms with Crippen LogP contribution in [0.1, 0.15) is 55.8 Å². The molecular weight excluding hydrogens is 396 g/mol. The Morgan fingerprint density at radius 1 is 1.27 bits per heavy atom. The van der Waals surface area contributed by atoms with Gasteiger partial charge in [0.1, 0.15) is 5.01 Å². The topological polar surface area (TPSA) is 81.7 Å². The summed E-state index contributed by atoms with van der Waals surface area (Å²) >= 11 is 1.67. The summed E-state index contributed by atoms with van der Waals surface area (Å²) in [6, 6.07) is 7.85. The second-order valence-corrected chi connectivity index (χ2v) is 8.64. The summed E-state index contributed by atoms with van der Waals surface area (Å²) in [6.07, 6.45) is 2.17. The molecule has 1 aliphatic heterocycles. The maximum Gasteiger partial charge on any atom is 0.321 e. The van der Waals surface area contributed by atoms with Gasteiger partial charge in [0, 0.05) is 30.7 Å². The van der Waals surface area contributed by atoms with Crippen LogP contribution in [0.4, 0.5) is 10.5 Å². The number of rotatable bonds is 7. The quantitative estimate of drug-likeness (QED) is 0.457. The van der Waals surface area contributed by atoms with Crippen molar-refractivity contribution >= 4 is 29.0 Å². The molecule has 0 saturated carbocycles. The van der Waals surface area contributed by atoms with Crippen molar-refractivity contribution in [3.63, 3.8) is 0 Å². The molecule has 0 bridgehead atoms. The van der Waals surface area contributed by atoms with Gasteiger partial charge in [0.2, 0.25) is 0 Å². The number of guanidine groups is 1. The average molecular weight is 429 g/mol. The van der Waals surface area contributed by atoms with Gasteiger partial charge in [-0.3, -0.25) is 0 Å². The van der Waals surface area contributed by atoms with E-state index in [1.165, 1.54) is 0 Å². The molecule has 0 unspecified atom stereocenters. The first-order chi connectivity index (χ1) is 14.5. The minimum atomic E-state index is -0.0210. The number of hydrogen-bond donors (Lipinski definition) is 3. The third-order valence-corrected chi connectivity index (χ3v) is 5.77. The van der Waals surface area contributed by atoms with E-state index < -0.39 is 0 Å². The van der Waals surface area contributed by atoms with Gasteiger partial charge in [0.25, 0.3) is 0 Å². The molecule has 3 N–H and O–H groups in total. The molecule has 2 amide bonds. The molecule has 2 aromatic rings. The van der Waals surface area contributed by atoms with E-state index in [0.717, 1.165) is 60.4 Å². The zero-order valence-corrected chi connectivity index (χ0v) is 18.9. The highest BCUT2D eigenvalue weighted by Gasteiger charge is 2.17. The summed E-state index contributed by atoms with van der Waals surface area (Å²) in [4.78, 5) is 23.5. The van der Waals surface area contributed by atoms with E-state index in [1.54, 1.807) is 11.3 Å². The second kappa shape index (κ2) is 11.0. The van der Waals surface area contributed by atoms with Crippen LogP contribution in [-0.4, -0.2) is 41.5 Å². The van der Waals surface area contributed by atoms with Crippen LogP contribution >= 0.6 is 11.3 Å². The van der Waals surface area contributed by atoms with Crippen molar-refractivity contribution in [2.75, 3.05) is 25.0 Å². The maximum atomic E-state index is 12.3. The summed E-state index contributed by atoms with van der Waals surface area (Å²) < 4.78 is 0. The van der Waals surface area contributed by atoms with Crippen molar-refractivity contribution in [1.29, 1.82) is 0 Å². The highest BCUT2D eigenvalue weighted by molar-refractivity contribution is 7.09. The Balaban J connectivity index is 1.57. The number of likely N-dealkylation sites (tertiary alicyclic amines) is 1. The predicted octanol–water partition coefficient (Wildman–Crippen LogP) is 4.15. The van der Waals surface area contributed by atoms with Gasteiger partial charge in [0.15, 0.2) is 5.96 Å². The number of nitrogens with one attached hydrogen (secondary N) is 3. The van der Waals surface area contributed by atoms with E-state index in [-0.39, 0.29) is 6.03 Å². The van der Waals surface area contributed by atoms with Crippen LogP contribution in [0.2, 0.25) is 0 Å². The molecule has 1 saturated heterocycles. The van der Waals surface area contributed by atoms with Crippen molar-refractivity contribution in [3.05, 3.63) is 45.9 Å². The molecule has 1 aromatic carbocycles. The summed E-state index contributed by atoms with van der Waals surface area (Å²) in [5.41, 5.74) is 2.98. The van der Waals surface area contributed by atoms with E-state index in [4.69, 9.17) is 0 Å². The Bertz CT molecular complexity index is 857. The van der Waals surface area contributed by atoms with Gasteiger partial charge in [0.05, 0.1) is 18.8 Å². The first-order valence-corrected chi connectivity index (χ1v) is 11.5. The first-order valence-electron chi connectivity index (χ1n) is 10.7. The molecule has 1 aliphatic rings. The first kappa shape index (κ1) is 22.1. The van der Waals surface area contributed by atoms with Gasteiger partial charge < -0.3 is 20.9 Å².